The number of hydrogen-bond acceptors (Lipinski definition) is 5. The Bertz CT molecular complexity index is 1310. The average molecular weight is 469 g/mol. The van der Waals surface area contributed by atoms with Gasteiger partial charge in [-0.3, -0.25) is 0 Å². The molecule has 0 saturated carbocycles. The molecule has 0 aromatic heterocycles. The number of hydrogen-bond donors (Lipinski definition) is 0. The number of carbonyl (C=O) groups excluding carboxylic acids is 2. The molecule has 0 spiro atoms. The molecular formula is C30H28O5. The Hall–Kier alpha value is -4.12. The molecule has 0 aliphatic carbocycles. The van der Waals surface area contributed by atoms with E-state index >= 15 is 0 Å². The Balaban J connectivity index is 1.41. The molecule has 0 atom stereocenters. The number of aryl methyl sites for hydroxylation is 1. The molecule has 0 saturated heterocycles. The highest BCUT2D eigenvalue weighted by atomic mass is 16.5. The summed E-state index contributed by atoms with van der Waals surface area (Å²) in [6.07, 6.45) is 4.59. The third-order valence-electron chi connectivity index (χ3n) is 5.78. The molecule has 5 nitrogen and oxygen atoms in total. The third-order valence-corrected chi connectivity index (χ3v) is 5.78. The van der Waals surface area contributed by atoms with Crippen LogP contribution in [0.3, 0.4) is 0 Å². The van der Waals surface area contributed by atoms with Crippen LogP contribution in [0.15, 0.2) is 84.9 Å². The molecule has 0 N–H and O–H groups in total. The van der Waals surface area contributed by atoms with Crippen molar-refractivity contribution >= 4 is 22.7 Å². The Morgan fingerprint density at radius 1 is 0.629 bits per heavy atom. The van der Waals surface area contributed by atoms with E-state index in [4.69, 9.17) is 14.2 Å². The minimum absolute atomic E-state index is 0.419. The van der Waals surface area contributed by atoms with Crippen LogP contribution in [0.2, 0.25) is 0 Å². The van der Waals surface area contributed by atoms with Gasteiger partial charge in [0.25, 0.3) is 0 Å². The maximum absolute atomic E-state index is 12.7. The SMILES string of the molecule is CCCCCc1ccc(OC(=O)c2ccc3cc(C(=O)Oc4ccc(OC)cc4)ccc3c2)cc1. The van der Waals surface area contributed by atoms with E-state index in [1.807, 2.05) is 24.3 Å². The molecule has 0 aliphatic heterocycles. The van der Waals surface area contributed by atoms with E-state index in [0.29, 0.717) is 28.4 Å². The van der Waals surface area contributed by atoms with Crippen molar-refractivity contribution in [1.29, 1.82) is 0 Å². The van der Waals surface area contributed by atoms with Gasteiger partial charge in [0.05, 0.1) is 18.2 Å². The normalized spacial score (nSPS) is 10.7. The highest BCUT2D eigenvalue weighted by Gasteiger charge is 2.13. The van der Waals surface area contributed by atoms with Crippen LogP contribution >= 0.6 is 0 Å². The molecule has 0 fully saturated rings. The second kappa shape index (κ2) is 11.3. The van der Waals surface area contributed by atoms with E-state index < -0.39 is 11.9 Å². The number of esters is 2. The molecule has 0 heterocycles. The second-order valence-corrected chi connectivity index (χ2v) is 8.33. The van der Waals surface area contributed by atoms with E-state index in [-0.39, 0.29) is 0 Å². The van der Waals surface area contributed by atoms with Gasteiger partial charge in [0.1, 0.15) is 17.2 Å². The summed E-state index contributed by atoms with van der Waals surface area (Å²) in [6, 6.07) is 25.0. The van der Waals surface area contributed by atoms with Gasteiger partial charge in [-0.1, -0.05) is 44.0 Å². The van der Waals surface area contributed by atoms with E-state index in [1.165, 1.54) is 18.4 Å². The number of benzene rings is 4. The summed E-state index contributed by atoms with van der Waals surface area (Å²) in [5, 5.41) is 1.65. The van der Waals surface area contributed by atoms with Crippen LogP contribution in [0.5, 0.6) is 17.2 Å². The summed E-state index contributed by atoms with van der Waals surface area (Å²) >= 11 is 0. The lowest BCUT2D eigenvalue weighted by molar-refractivity contribution is 0.0725. The van der Waals surface area contributed by atoms with Crippen molar-refractivity contribution in [2.45, 2.75) is 32.6 Å². The maximum Gasteiger partial charge on any atom is 0.343 e. The maximum atomic E-state index is 12.7. The molecule has 0 radical (unpaired) electrons. The third kappa shape index (κ3) is 6.27. The first-order valence-corrected chi connectivity index (χ1v) is 11.8. The molecular weight excluding hydrogens is 440 g/mol. The molecule has 178 valence electrons. The van der Waals surface area contributed by atoms with Crippen LogP contribution in [-0.4, -0.2) is 19.0 Å². The lowest BCUT2D eigenvalue weighted by atomic mass is 10.0. The Kier molecular flexibility index (Phi) is 7.78. The molecule has 0 aliphatic rings. The lowest BCUT2D eigenvalue weighted by Gasteiger charge is -2.08. The predicted octanol–water partition coefficient (Wildman–Crippen LogP) is 7.02. The number of ether oxygens (including phenoxy) is 3. The minimum atomic E-state index is -0.460. The van der Waals surface area contributed by atoms with E-state index in [9.17, 15) is 9.59 Å². The molecule has 4 aromatic rings. The highest BCUT2D eigenvalue weighted by Crippen LogP contribution is 2.22. The molecule has 35 heavy (non-hydrogen) atoms. The highest BCUT2D eigenvalue weighted by molar-refractivity contribution is 5.99. The van der Waals surface area contributed by atoms with Crippen molar-refractivity contribution in [3.8, 4) is 17.2 Å². The first kappa shape index (κ1) is 24.0. The standard InChI is InChI=1S/C30H28O5/c1-3-4-5-6-21-7-13-27(14-8-21)34-29(31)24-11-9-23-20-25(12-10-22(23)19-24)30(32)35-28-17-15-26(33-2)16-18-28/h7-20H,3-6H2,1-2H3. The quantitative estimate of drug-likeness (QED) is 0.150. The molecule has 5 heteroatoms. The number of methoxy groups -OCH3 is 1. The fourth-order valence-corrected chi connectivity index (χ4v) is 3.78. The molecule has 0 unspecified atom stereocenters. The van der Waals surface area contributed by atoms with E-state index in [2.05, 4.69) is 6.92 Å². The van der Waals surface area contributed by atoms with Crippen molar-refractivity contribution in [3.05, 3.63) is 102 Å². The van der Waals surface area contributed by atoms with E-state index in [0.717, 1.165) is 23.6 Å². The summed E-state index contributed by atoms with van der Waals surface area (Å²) < 4.78 is 16.1. The van der Waals surface area contributed by atoms with Crippen molar-refractivity contribution in [2.24, 2.45) is 0 Å². The van der Waals surface area contributed by atoms with Gasteiger partial charge in [0, 0.05) is 0 Å². The fourth-order valence-electron chi connectivity index (χ4n) is 3.78. The van der Waals surface area contributed by atoms with Gasteiger partial charge in [0.2, 0.25) is 0 Å². The van der Waals surface area contributed by atoms with Gasteiger partial charge in [0.15, 0.2) is 0 Å². The van der Waals surface area contributed by atoms with E-state index in [1.54, 1.807) is 67.8 Å². The van der Waals surface area contributed by atoms with Gasteiger partial charge in [-0.25, -0.2) is 9.59 Å². The number of fused-ring (bicyclic) bond motifs is 1. The molecule has 0 amide bonds. The largest absolute Gasteiger partial charge is 0.497 e. The van der Waals surface area contributed by atoms with Crippen molar-refractivity contribution < 1.29 is 23.8 Å². The van der Waals surface area contributed by atoms with Gasteiger partial charge in [-0.15, -0.1) is 0 Å². The lowest BCUT2D eigenvalue weighted by Crippen LogP contribution is -2.09. The monoisotopic (exact) mass is 468 g/mol. The Morgan fingerprint density at radius 2 is 1.11 bits per heavy atom. The van der Waals surface area contributed by atoms with Crippen molar-refractivity contribution in [3.63, 3.8) is 0 Å². The van der Waals surface area contributed by atoms with Crippen LogP contribution in [0, 0.1) is 0 Å². The predicted molar refractivity (Wildman–Crippen MR) is 137 cm³/mol. The summed E-state index contributed by atoms with van der Waals surface area (Å²) in [5.41, 5.74) is 2.10. The van der Waals surface area contributed by atoms with Crippen LogP contribution in [0.25, 0.3) is 10.8 Å². The van der Waals surface area contributed by atoms with Crippen LogP contribution in [-0.2, 0) is 6.42 Å². The molecule has 4 rings (SSSR count). The van der Waals surface area contributed by atoms with Crippen LogP contribution in [0.4, 0.5) is 0 Å². The summed E-state index contributed by atoms with van der Waals surface area (Å²) in [6.45, 7) is 2.19. The fraction of sp³-hybridized carbons (Fsp3) is 0.200. The zero-order chi connectivity index (χ0) is 24.6. The van der Waals surface area contributed by atoms with Crippen molar-refractivity contribution in [2.75, 3.05) is 7.11 Å². The van der Waals surface area contributed by atoms with Gasteiger partial charge in [-0.2, -0.15) is 0 Å². The number of carbonyl (C=O) groups is 2. The molecule has 0 bridgehead atoms. The number of unbranched alkanes of at least 4 members (excludes halogenated alkanes) is 2. The van der Waals surface area contributed by atoms with Crippen LogP contribution < -0.4 is 14.2 Å². The zero-order valence-corrected chi connectivity index (χ0v) is 20.0. The summed E-state index contributed by atoms with van der Waals surface area (Å²) in [7, 11) is 1.58. The van der Waals surface area contributed by atoms with Gasteiger partial charge >= 0.3 is 11.9 Å². The zero-order valence-electron chi connectivity index (χ0n) is 20.0. The average Bonchev–Trinajstić information content (AvgIpc) is 2.89. The van der Waals surface area contributed by atoms with Crippen LogP contribution in [0.1, 0.15) is 52.5 Å². The Morgan fingerprint density at radius 3 is 1.60 bits per heavy atom. The Labute approximate surface area is 205 Å². The topological polar surface area (TPSA) is 61.8 Å². The van der Waals surface area contributed by atoms with Gasteiger partial charge in [-0.05, 0) is 89.8 Å². The molecule has 4 aromatic carbocycles. The summed E-state index contributed by atoms with van der Waals surface area (Å²) in [5.74, 6) is 0.755. The second-order valence-electron chi connectivity index (χ2n) is 8.33. The van der Waals surface area contributed by atoms with Gasteiger partial charge < -0.3 is 14.2 Å². The smallest absolute Gasteiger partial charge is 0.343 e. The first-order valence-electron chi connectivity index (χ1n) is 11.8. The van der Waals surface area contributed by atoms with Crippen molar-refractivity contribution in [1.82, 2.24) is 0 Å². The summed E-state index contributed by atoms with van der Waals surface area (Å²) in [4.78, 5) is 25.2. The first-order chi connectivity index (χ1) is 17.1. The number of rotatable bonds is 9. The minimum Gasteiger partial charge on any atom is -0.497 e.